The normalized spacial score (nSPS) is 11.6. The molecule has 0 aliphatic carbocycles. The maximum absolute atomic E-state index is 5.04. The lowest BCUT2D eigenvalue weighted by atomic mass is 10.1. The molecule has 0 radical (unpaired) electrons. The molecule has 0 bridgehead atoms. The standard InChI is InChI=1S/C24H14N2S2/c1-5-11-19-15(7-1)13-21(27-19)23-24(26-18-10-4-3-9-17(18)25-23)22-14-16-8-2-6-12-20(16)28-22/h1-14H. The Kier molecular flexibility index (Phi) is 3.54. The maximum Gasteiger partial charge on any atom is 0.108 e. The number of thiophene rings is 2. The Morgan fingerprint density at radius 3 is 1.39 bits per heavy atom. The van der Waals surface area contributed by atoms with Crippen LogP contribution in [-0.2, 0) is 0 Å². The van der Waals surface area contributed by atoms with Crippen LogP contribution in [0.4, 0.5) is 0 Å². The van der Waals surface area contributed by atoms with Crippen LogP contribution in [0.15, 0.2) is 84.9 Å². The van der Waals surface area contributed by atoms with Gasteiger partial charge in [0.05, 0.1) is 20.8 Å². The van der Waals surface area contributed by atoms with E-state index in [1.54, 1.807) is 22.7 Å². The molecule has 0 aliphatic rings. The highest BCUT2D eigenvalue weighted by Crippen LogP contribution is 2.41. The summed E-state index contributed by atoms with van der Waals surface area (Å²) in [7, 11) is 0. The number of aromatic nitrogens is 2. The van der Waals surface area contributed by atoms with Crippen molar-refractivity contribution in [1.29, 1.82) is 0 Å². The van der Waals surface area contributed by atoms with Crippen LogP contribution in [0, 0.1) is 0 Å². The zero-order valence-corrected chi connectivity index (χ0v) is 16.4. The Balaban J connectivity index is 1.67. The average Bonchev–Trinajstić information content (AvgIpc) is 3.36. The minimum absolute atomic E-state index is 0.930. The molecule has 2 nitrogen and oxygen atoms in total. The summed E-state index contributed by atoms with van der Waals surface area (Å²) in [6.45, 7) is 0. The molecule has 0 saturated heterocycles. The third-order valence-electron chi connectivity index (χ3n) is 4.89. The summed E-state index contributed by atoms with van der Waals surface area (Å²) in [5, 5.41) is 2.50. The molecular weight excluding hydrogens is 380 g/mol. The summed E-state index contributed by atoms with van der Waals surface area (Å²) in [5.41, 5.74) is 3.79. The van der Waals surface area contributed by atoms with Crippen molar-refractivity contribution in [2.45, 2.75) is 0 Å². The predicted octanol–water partition coefficient (Wildman–Crippen LogP) is 7.39. The van der Waals surface area contributed by atoms with E-state index in [1.807, 2.05) is 24.3 Å². The quantitative estimate of drug-likeness (QED) is 0.306. The van der Waals surface area contributed by atoms with Crippen molar-refractivity contribution in [1.82, 2.24) is 9.97 Å². The first-order chi connectivity index (χ1) is 13.8. The third-order valence-corrected chi connectivity index (χ3v) is 7.13. The van der Waals surface area contributed by atoms with E-state index < -0.39 is 0 Å². The zero-order chi connectivity index (χ0) is 18.5. The summed E-state index contributed by atoms with van der Waals surface area (Å²) in [6, 6.07) is 29.5. The molecule has 132 valence electrons. The lowest BCUT2D eigenvalue weighted by Gasteiger charge is -2.07. The summed E-state index contributed by atoms with van der Waals surface area (Å²) in [5.74, 6) is 0. The van der Waals surface area contributed by atoms with E-state index in [0.717, 1.165) is 32.2 Å². The predicted molar refractivity (Wildman–Crippen MR) is 121 cm³/mol. The lowest BCUT2D eigenvalue weighted by molar-refractivity contribution is 1.31. The van der Waals surface area contributed by atoms with Crippen molar-refractivity contribution >= 4 is 53.9 Å². The molecule has 0 saturated carbocycles. The number of hydrogen-bond donors (Lipinski definition) is 0. The topological polar surface area (TPSA) is 25.8 Å². The van der Waals surface area contributed by atoms with Gasteiger partial charge in [0.25, 0.3) is 0 Å². The Labute approximate surface area is 169 Å². The van der Waals surface area contributed by atoms with Crippen molar-refractivity contribution in [3.63, 3.8) is 0 Å². The van der Waals surface area contributed by atoms with Crippen LogP contribution in [-0.4, -0.2) is 9.97 Å². The van der Waals surface area contributed by atoms with Gasteiger partial charge in [-0.1, -0.05) is 48.5 Å². The highest BCUT2D eigenvalue weighted by Gasteiger charge is 2.17. The molecule has 0 aliphatic heterocycles. The summed E-state index contributed by atoms with van der Waals surface area (Å²) in [6.07, 6.45) is 0. The molecule has 0 spiro atoms. The molecule has 0 unspecified atom stereocenters. The lowest BCUT2D eigenvalue weighted by Crippen LogP contribution is -1.92. The van der Waals surface area contributed by atoms with E-state index in [0.29, 0.717) is 0 Å². The first kappa shape index (κ1) is 15.9. The van der Waals surface area contributed by atoms with Crippen LogP contribution >= 0.6 is 22.7 Å². The van der Waals surface area contributed by atoms with Crippen LogP contribution in [0.5, 0.6) is 0 Å². The SMILES string of the molecule is c1ccc2sc(-c3nc4ccccc4nc3-c3cc4ccccc4s3)cc2c1. The molecule has 6 rings (SSSR count). The molecule has 0 atom stereocenters. The second-order valence-corrected chi connectivity index (χ2v) is 8.87. The van der Waals surface area contributed by atoms with Crippen LogP contribution < -0.4 is 0 Å². The fourth-order valence-electron chi connectivity index (χ4n) is 3.54. The summed E-state index contributed by atoms with van der Waals surface area (Å²) < 4.78 is 2.55. The van der Waals surface area contributed by atoms with Crippen molar-refractivity contribution in [3.05, 3.63) is 84.9 Å². The average molecular weight is 395 g/mol. The number of hydrogen-bond acceptors (Lipinski definition) is 4. The number of fused-ring (bicyclic) bond motifs is 3. The summed E-state index contributed by atoms with van der Waals surface area (Å²) >= 11 is 3.55. The summed E-state index contributed by atoms with van der Waals surface area (Å²) in [4.78, 5) is 12.4. The first-order valence-corrected chi connectivity index (χ1v) is 10.7. The Hall–Kier alpha value is -3.08. The molecule has 28 heavy (non-hydrogen) atoms. The second-order valence-electron chi connectivity index (χ2n) is 6.71. The number of benzene rings is 3. The molecule has 3 aromatic heterocycles. The van der Waals surface area contributed by atoms with E-state index in [4.69, 9.17) is 9.97 Å². The fourth-order valence-corrected chi connectivity index (χ4v) is 5.65. The van der Waals surface area contributed by atoms with Gasteiger partial charge in [-0.2, -0.15) is 0 Å². The van der Waals surface area contributed by atoms with Crippen LogP contribution in [0.25, 0.3) is 52.3 Å². The number of rotatable bonds is 2. The number of para-hydroxylation sites is 2. The monoisotopic (exact) mass is 394 g/mol. The van der Waals surface area contributed by atoms with Gasteiger partial charge in [-0.15, -0.1) is 22.7 Å². The Morgan fingerprint density at radius 2 is 0.929 bits per heavy atom. The van der Waals surface area contributed by atoms with E-state index in [9.17, 15) is 0 Å². The molecule has 3 aromatic carbocycles. The van der Waals surface area contributed by atoms with Gasteiger partial charge in [0.15, 0.2) is 0 Å². The van der Waals surface area contributed by atoms with Crippen molar-refractivity contribution < 1.29 is 0 Å². The molecule has 0 amide bonds. The van der Waals surface area contributed by atoms with Gasteiger partial charge in [-0.05, 0) is 47.2 Å². The zero-order valence-electron chi connectivity index (χ0n) is 14.8. The molecule has 0 fully saturated rings. The van der Waals surface area contributed by atoms with Crippen LogP contribution in [0.1, 0.15) is 0 Å². The Morgan fingerprint density at radius 1 is 0.500 bits per heavy atom. The molecule has 4 heteroatoms. The second kappa shape index (κ2) is 6.23. The van der Waals surface area contributed by atoms with E-state index in [-0.39, 0.29) is 0 Å². The fraction of sp³-hybridized carbons (Fsp3) is 0. The molecule has 3 heterocycles. The van der Waals surface area contributed by atoms with Crippen molar-refractivity contribution in [2.24, 2.45) is 0 Å². The van der Waals surface area contributed by atoms with E-state index in [1.165, 1.54) is 20.2 Å². The van der Waals surface area contributed by atoms with Gasteiger partial charge in [0.1, 0.15) is 11.4 Å². The minimum Gasteiger partial charge on any atom is -0.243 e. The largest absolute Gasteiger partial charge is 0.243 e. The minimum atomic E-state index is 0.930. The van der Waals surface area contributed by atoms with Gasteiger partial charge >= 0.3 is 0 Å². The van der Waals surface area contributed by atoms with Crippen molar-refractivity contribution in [3.8, 4) is 21.1 Å². The van der Waals surface area contributed by atoms with Crippen LogP contribution in [0.3, 0.4) is 0 Å². The molecule has 0 N–H and O–H groups in total. The van der Waals surface area contributed by atoms with Gasteiger partial charge in [0, 0.05) is 9.40 Å². The van der Waals surface area contributed by atoms with Gasteiger partial charge in [0.2, 0.25) is 0 Å². The number of nitrogens with zero attached hydrogens (tertiary/aromatic N) is 2. The third kappa shape index (κ3) is 2.53. The smallest absolute Gasteiger partial charge is 0.108 e. The van der Waals surface area contributed by atoms with Gasteiger partial charge in [-0.25, -0.2) is 9.97 Å². The highest BCUT2D eigenvalue weighted by atomic mass is 32.1. The van der Waals surface area contributed by atoms with Gasteiger partial charge in [-0.3, -0.25) is 0 Å². The van der Waals surface area contributed by atoms with E-state index >= 15 is 0 Å². The maximum atomic E-state index is 5.04. The van der Waals surface area contributed by atoms with Gasteiger partial charge < -0.3 is 0 Å². The van der Waals surface area contributed by atoms with E-state index in [2.05, 4.69) is 60.7 Å². The Bertz CT molecular complexity index is 1300. The first-order valence-electron chi connectivity index (χ1n) is 9.10. The molecule has 6 aromatic rings. The van der Waals surface area contributed by atoms with Crippen molar-refractivity contribution in [2.75, 3.05) is 0 Å². The highest BCUT2D eigenvalue weighted by molar-refractivity contribution is 7.23. The van der Waals surface area contributed by atoms with Crippen LogP contribution in [0.2, 0.25) is 0 Å². The molecular formula is C24H14N2S2.